The van der Waals surface area contributed by atoms with Crippen molar-refractivity contribution in [1.29, 1.82) is 0 Å². The molecule has 1 aromatic rings. The summed E-state index contributed by atoms with van der Waals surface area (Å²) in [6.45, 7) is 3.25. The zero-order valence-electron chi connectivity index (χ0n) is 12.1. The first-order chi connectivity index (χ1) is 9.63. The highest BCUT2D eigenvalue weighted by Gasteiger charge is 2.30. The normalized spacial score (nSPS) is 24.1. The van der Waals surface area contributed by atoms with Crippen molar-refractivity contribution in [3.8, 4) is 0 Å². The first kappa shape index (κ1) is 15.8. The average Bonchev–Trinajstić information content (AvgIpc) is 2.66. The molecule has 3 N–H and O–H groups in total. The molecule has 1 heterocycles. The van der Waals surface area contributed by atoms with Crippen LogP contribution in [0.5, 0.6) is 0 Å². The summed E-state index contributed by atoms with van der Waals surface area (Å²) in [7, 11) is 0. The molecular formula is C16H25ClN2O. The largest absolute Gasteiger partial charge is 0.395 e. The number of aliphatic hydroxyl groups excluding tert-OH is 1. The molecule has 0 aliphatic carbocycles. The fourth-order valence-corrected chi connectivity index (χ4v) is 3.34. The van der Waals surface area contributed by atoms with Gasteiger partial charge in [-0.1, -0.05) is 36.6 Å². The second kappa shape index (κ2) is 7.41. The Morgan fingerprint density at radius 2 is 2.00 bits per heavy atom. The molecular weight excluding hydrogens is 272 g/mol. The maximum Gasteiger partial charge on any atom is 0.0587 e. The van der Waals surface area contributed by atoms with Crippen molar-refractivity contribution in [2.45, 2.75) is 50.7 Å². The van der Waals surface area contributed by atoms with Crippen LogP contribution in [-0.4, -0.2) is 35.2 Å². The van der Waals surface area contributed by atoms with Gasteiger partial charge in [0.25, 0.3) is 0 Å². The van der Waals surface area contributed by atoms with E-state index in [-0.39, 0.29) is 24.7 Å². The van der Waals surface area contributed by atoms with Crippen LogP contribution in [0.4, 0.5) is 0 Å². The lowest BCUT2D eigenvalue weighted by molar-refractivity contribution is 0.0747. The molecule has 1 aliphatic heterocycles. The molecule has 3 atom stereocenters. The Bertz CT molecular complexity index is 407. The van der Waals surface area contributed by atoms with E-state index >= 15 is 0 Å². The monoisotopic (exact) mass is 296 g/mol. The molecule has 1 aliphatic rings. The topological polar surface area (TPSA) is 49.5 Å². The van der Waals surface area contributed by atoms with Gasteiger partial charge in [-0.05, 0) is 44.0 Å². The maximum atomic E-state index is 9.70. The van der Waals surface area contributed by atoms with E-state index in [2.05, 4.69) is 17.0 Å². The third-order valence-electron chi connectivity index (χ3n) is 4.20. The van der Waals surface area contributed by atoms with Crippen LogP contribution in [0.15, 0.2) is 24.3 Å². The van der Waals surface area contributed by atoms with Crippen LogP contribution in [0.1, 0.15) is 44.2 Å². The van der Waals surface area contributed by atoms with Gasteiger partial charge in [0.2, 0.25) is 0 Å². The number of benzene rings is 1. The molecule has 112 valence electrons. The first-order valence-electron chi connectivity index (χ1n) is 7.51. The SMILES string of the molecule is CC(N)C(c1ccc(Cl)cc1)N1CCCCCC1CO. The van der Waals surface area contributed by atoms with E-state index in [9.17, 15) is 5.11 Å². The second-order valence-electron chi connectivity index (χ2n) is 5.78. The molecule has 0 amide bonds. The maximum absolute atomic E-state index is 9.70. The van der Waals surface area contributed by atoms with Crippen LogP contribution in [0.2, 0.25) is 5.02 Å². The minimum Gasteiger partial charge on any atom is -0.395 e. The Balaban J connectivity index is 2.28. The molecule has 4 heteroatoms. The van der Waals surface area contributed by atoms with Gasteiger partial charge in [0, 0.05) is 23.1 Å². The predicted molar refractivity (Wildman–Crippen MR) is 83.9 cm³/mol. The Kier molecular flexibility index (Phi) is 5.85. The van der Waals surface area contributed by atoms with Gasteiger partial charge in [-0.2, -0.15) is 0 Å². The predicted octanol–water partition coefficient (Wildman–Crippen LogP) is 2.97. The van der Waals surface area contributed by atoms with Crippen molar-refractivity contribution in [3.63, 3.8) is 0 Å². The van der Waals surface area contributed by atoms with Gasteiger partial charge in [0.15, 0.2) is 0 Å². The van der Waals surface area contributed by atoms with Crippen LogP contribution >= 0.6 is 11.6 Å². The van der Waals surface area contributed by atoms with E-state index in [1.807, 2.05) is 19.1 Å². The van der Waals surface area contributed by atoms with E-state index in [0.29, 0.717) is 0 Å². The van der Waals surface area contributed by atoms with Crippen molar-refractivity contribution >= 4 is 11.6 Å². The molecule has 20 heavy (non-hydrogen) atoms. The molecule has 0 aromatic heterocycles. The summed E-state index contributed by atoms with van der Waals surface area (Å²) in [5.41, 5.74) is 7.43. The van der Waals surface area contributed by atoms with Gasteiger partial charge in [0.1, 0.15) is 0 Å². The smallest absolute Gasteiger partial charge is 0.0587 e. The number of aliphatic hydroxyl groups is 1. The Morgan fingerprint density at radius 1 is 1.30 bits per heavy atom. The molecule has 1 saturated heterocycles. The zero-order valence-corrected chi connectivity index (χ0v) is 12.9. The van der Waals surface area contributed by atoms with Crippen LogP contribution in [0.3, 0.4) is 0 Å². The van der Waals surface area contributed by atoms with Gasteiger partial charge in [-0.15, -0.1) is 0 Å². The molecule has 0 saturated carbocycles. The van der Waals surface area contributed by atoms with E-state index in [0.717, 1.165) is 18.0 Å². The minimum absolute atomic E-state index is 0.0170. The number of nitrogens with zero attached hydrogens (tertiary/aromatic N) is 1. The Labute approximate surface area is 126 Å². The van der Waals surface area contributed by atoms with E-state index in [1.54, 1.807) is 0 Å². The van der Waals surface area contributed by atoms with Crippen LogP contribution in [0.25, 0.3) is 0 Å². The number of hydrogen-bond acceptors (Lipinski definition) is 3. The second-order valence-corrected chi connectivity index (χ2v) is 6.22. The van der Waals surface area contributed by atoms with Gasteiger partial charge < -0.3 is 10.8 Å². The van der Waals surface area contributed by atoms with Crippen molar-refractivity contribution in [3.05, 3.63) is 34.9 Å². The molecule has 0 radical (unpaired) electrons. The van der Waals surface area contributed by atoms with Crippen LogP contribution in [0, 0.1) is 0 Å². The molecule has 1 aromatic carbocycles. The number of nitrogens with two attached hydrogens (primary N) is 1. The summed E-state index contributed by atoms with van der Waals surface area (Å²) >= 11 is 5.98. The van der Waals surface area contributed by atoms with Gasteiger partial charge in [-0.3, -0.25) is 4.90 Å². The molecule has 0 bridgehead atoms. The van der Waals surface area contributed by atoms with E-state index in [4.69, 9.17) is 17.3 Å². The average molecular weight is 297 g/mol. The van der Waals surface area contributed by atoms with E-state index < -0.39 is 0 Å². The molecule has 2 rings (SSSR count). The van der Waals surface area contributed by atoms with Crippen LogP contribution in [-0.2, 0) is 0 Å². The lowest BCUT2D eigenvalue weighted by Gasteiger charge is -2.38. The number of halogens is 1. The Morgan fingerprint density at radius 3 is 2.60 bits per heavy atom. The lowest BCUT2D eigenvalue weighted by Crippen LogP contribution is -2.46. The van der Waals surface area contributed by atoms with Crippen molar-refractivity contribution in [2.75, 3.05) is 13.2 Å². The van der Waals surface area contributed by atoms with Gasteiger partial charge in [-0.25, -0.2) is 0 Å². The van der Waals surface area contributed by atoms with Gasteiger partial charge in [0.05, 0.1) is 6.61 Å². The molecule has 3 nitrogen and oxygen atoms in total. The zero-order chi connectivity index (χ0) is 14.5. The fraction of sp³-hybridized carbons (Fsp3) is 0.625. The van der Waals surface area contributed by atoms with Crippen molar-refractivity contribution < 1.29 is 5.11 Å². The van der Waals surface area contributed by atoms with Crippen molar-refractivity contribution in [2.24, 2.45) is 5.73 Å². The highest BCUT2D eigenvalue weighted by Crippen LogP contribution is 2.30. The number of likely N-dealkylation sites (tertiary alicyclic amines) is 1. The summed E-state index contributed by atoms with van der Waals surface area (Å²) in [5.74, 6) is 0. The Hall–Kier alpha value is -0.610. The van der Waals surface area contributed by atoms with Crippen molar-refractivity contribution in [1.82, 2.24) is 4.90 Å². The third-order valence-corrected chi connectivity index (χ3v) is 4.45. The summed E-state index contributed by atoms with van der Waals surface area (Å²) in [6, 6.07) is 8.30. The fourth-order valence-electron chi connectivity index (χ4n) is 3.22. The summed E-state index contributed by atoms with van der Waals surface area (Å²) < 4.78 is 0. The minimum atomic E-state index is 0.0170. The number of rotatable bonds is 4. The first-order valence-corrected chi connectivity index (χ1v) is 7.89. The summed E-state index contributed by atoms with van der Waals surface area (Å²) in [4.78, 5) is 2.39. The summed E-state index contributed by atoms with van der Waals surface area (Å²) in [6.07, 6.45) is 4.65. The quantitative estimate of drug-likeness (QED) is 0.898. The molecule has 3 unspecified atom stereocenters. The summed E-state index contributed by atoms with van der Waals surface area (Å²) in [5, 5.41) is 10.4. The third kappa shape index (κ3) is 3.73. The molecule has 0 spiro atoms. The highest BCUT2D eigenvalue weighted by molar-refractivity contribution is 6.30. The lowest BCUT2D eigenvalue weighted by atomic mass is 9.97. The number of hydrogen-bond donors (Lipinski definition) is 2. The molecule has 1 fully saturated rings. The van der Waals surface area contributed by atoms with E-state index in [1.165, 1.54) is 24.8 Å². The highest BCUT2D eigenvalue weighted by atomic mass is 35.5. The van der Waals surface area contributed by atoms with Gasteiger partial charge >= 0.3 is 0 Å². The van der Waals surface area contributed by atoms with Crippen LogP contribution < -0.4 is 5.73 Å². The standard InChI is InChI=1S/C16H25ClN2O/c1-12(18)16(13-6-8-14(17)9-7-13)19-10-4-2-3-5-15(19)11-20/h6-9,12,15-16,20H,2-5,10-11,18H2,1H3.